The SMILES string of the molecule is Cc1[nH]c(C2(CN)CC2)nc1-c1ccccc1Cl. The van der Waals surface area contributed by atoms with Gasteiger partial charge in [0.15, 0.2) is 0 Å². The number of nitrogens with one attached hydrogen (secondary N) is 1. The van der Waals surface area contributed by atoms with Crippen molar-refractivity contribution in [2.75, 3.05) is 6.54 Å². The molecule has 3 nitrogen and oxygen atoms in total. The summed E-state index contributed by atoms with van der Waals surface area (Å²) in [6.07, 6.45) is 2.25. The zero-order valence-corrected chi connectivity index (χ0v) is 11.1. The van der Waals surface area contributed by atoms with Gasteiger partial charge in [-0.1, -0.05) is 29.8 Å². The Morgan fingerprint density at radius 2 is 2.11 bits per heavy atom. The molecular weight excluding hydrogens is 246 g/mol. The van der Waals surface area contributed by atoms with E-state index in [4.69, 9.17) is 22.3 Å². The molecule has 1 saturated carbocycles. The van der Waals surface area contributed by atoms with Crippen LogP contribution in [0.1, 0.15) is 24.4 Å². The molecule has 4 heteroatoms. The van der Waals surface area contributed by atoms with Gasteiger partial charge in [0.2, 0.25) is 0 Å². The minimum absolute atomic E-state index is 0.0876. The molecule has 0 radical (unpaired) electrons. The molecule has 0 bridgehead atoms. The van der Waals surface area contributed by atoms with Crippen molar-refractivity contribution < 1.29 is 0 Å². The lowest BCUT2D eigenvalue weighted by molar-refractivity contribution is 0.658. The molecule has 0 aliphatic heterocycles. The number of rotatable bonds is 3. The fourth-order valence-electron chi connectivity index (χ4n) is 2.32. The highest BCUT2D eigenvalue weighted by atomic mass is 35.5. The number of nitrogens with two attached hydrogens (primary N) is 1. The first-order chi connectivity index (χ1) is 8.66. The molecule has 0 saturated heterocycles. The number of aromatic nitrogens is 2. The summed E-state index contributed by atoms with van der Waals surface area (Å²) in [5.41, 5.74) is 8.90. The molecular formula is C14H16ClN3. The second kappa shape index (κ2) is 4.11. The van der Waals surface area contributed by atoms with E-state index in [1.807, 2.05) is 31.2 Å². The number of benzene rings is 1. The molecule has 0 amide bonds. The summed E-state index contributed by atoms with van der Waals surface area (Å²) >= 11 is 6.23. The Hall–Kier alpha value is -1.32. The third-order valence-electron chi connectivity index (χ3n) is 3.76. The van der Waals surface area contributed by atoms with Gasteiger partial charge in [0.25, 0.3) is 0 Å². The predicted octanol–water partition coefficient (Wildman–Crippen LogP) is 3.03. The monoisotopic (exact) mass is 261 g/mol. The van der Waals surface area contributed by atoms with Crippen molar-refractivity contribution in [1.82, 2.24) is 9.97 Å². The number of halogens is 1. The molecule has 94 valence electrons. The van der Waals surface area contributed by atoms with Gasteiger partial charge in [-0.05, 0) is 25.8 Å². The lowest BCUT2D eigenvalue weighted by Gasteiger charge is -2.07. The van der Waals surface area contributed by atoms with Gasteiger partial charge in [-0.15, -0.1) is 0 Å². The summed E-state index contributed by atoms with van der Waals surface area (Å²) in [5.74, 6) is 1.01. The highest BCUT2D eigenvalue weighted by Crippen LogP contribution is 2.46. The van der Waals surface area contributed by atoms with Crippen molar-refractivity contribution in [3.8, 4) is 11.3 Å². The minimum Gasteiger partial charge on any atom is -0.345 e. The summed E-state index contributed by atoms with van der Waals surface area (Å²) in [4.78, 5) is 8.10. The summed E-state index contributed by atoms with van der Waals surface area (Å²) in [7, 11) is 0. The molecule has 1 aromatic heterocycles. The summed E-state index contributed by atoms with van der Waals surface area (Å²) in [6.45, 7) is 2.68. The van der Waals surface area contributed by atoms with E-state index in [0.29, 0.717) is 6.54 Å². The summed E-state index contributed by atoms with van der Waals surface area (Å²) in [6, 6.07) is 7.79. The molecule has 3 rings (SSSR count). The zero-order chi connectivity index (χ0) is 12.8. The van der Waals surface area contributed by atoms with Crippen LogP contribution in [0.4, 0.5) is 0 Å². The van der Waals surface area contributed by atoms with Gasteiger partial charge in [-0.2, -0.15) is 0 Å². The number of hydrogen-bond donors (Lipinski definition) is 2. The van der Waals surface area contributed by atoms with Crippen molar-refractivity contribution in [2.45, 2.75) is 25.2 Å². The molecule has 1 fully saturated rings. The molecule has 3 N–H and O–H groups in total. The van der Waals surface area contributed by atoms with Gasteiger partial charge < -0.3 is 10.7 Å². The van der Waals surface area contributed by atoms with Crippen LogP contribution in [0, 0.1) is 6.92 Å². The zero-order valence-electron chi connectivity index (χ0n) is 10.3. The van der Waals surface area contributed by atoms with E-state index in [1.54, 1.807) is 0 Å². The van der Waals surface area contributed by atoms with Crippen LogP contribution < -0.4 is 5.73 Å². The maximum absolute atomic E-state index is 6.23. The van der Waals surface area contributed by atoms with Crippen LogP contribution in [0.15, 0.2) is 24.3 Å². The Bertz CT molecular complexity index is 584. The van der Waals surface area contributed by atoms with Crippen molar-refractivity contribution in [3.63, 3.8) is 0 Å². The summed E-state index contributed by atoms with van der Waals surface area (Å²) < 4.78 is 0. The van der Waals surface area contributed by atoms with E-state index in [9.17, 15) is 0 Å². The lowest BCUT2D eigenvalue weighted by atomic mass is 10.1. The number of aromatic amines is 1. The first-order valence-corrected chi connectivity index (χ1v) is 6.56. The molecule has 1 aliphatic carbocycles. The second-order valence-electron chi connectivity index (χ2n) is 5.02. The van der Waals surface area contributed by atoms with Crippen LogP contribution in [-0.2, 0) is 5.41 Å². The molecule has 2 aromatic rings. The topological polar surface area (TPSA) is 54.7 Å². The summed E-state index contributed by atoms with van der Waals surface area (Å²) in [5, 5.41) is 0.733. The minimum atomic E-state index is 0.0876. The Morgan fingerprint density at radius 1 is 1.39 bits per heavy atom. The van der Waals surface area contributed by atoms with E-state index in [0.717, 1.165) is 40.6 Å². The van der Waals surface area contributed by atoms with E-state index in [-0.39, 0.29) is 5.41 Å². The third-order valence-corrected chi connectivity index (χ3v) is 4.09. The highest BCUT2D eigenvalue weighted by molar-refractivity contribution is 6.33. The maximum Gasteiger partial charge on any atom is 0.114 e. The van der Waals surface area contributed by atoms with E-state index in [1.165, 1.54) is 0 Å². The molecule has 0 spiro atoms. The predicted molar refractivity (Wildman–Crippen MR) is 73.7 cm³/mol. The third kappa shape index (κ3) is 1.74. The van der Waals surface area contributed by atoms with Crippen LogP contribution in [-0.4, -0.2) is 16.5 Å². The van der Waals surface area contributed by atoms with Crippen molar-refractivity contribution in [3.05, 3.63) is 40.8 Å². The molecule has 0 unspecified atom stereocenters. The Kier molecular flexibility index (Phi) is 2.68. The Balaban J connectivity index is 2.07. The number of aryl methyl sites for hydroxylation is 1. The van der Waals surface area contributed by atoms with Crippen LogP contribution in [0.2, 0.25) is 5.02 Å². The van der Waals surface area contributed by atoms with Crippen LogP contribution in [0.25, 0.3) is 11.3 Å². The first kappa shape index (κ1) is 11.8. The maximum atomic E-state index is 6.23. The largest absolute Gasteiger partial charge is 0.345 e. The normalized spacial score (nSPS) is 16.8. The number of nitrogens with zero attached hydrogens (tertiary/aromatic N) is 1. The van der Waals surface area contributed by atoms with Crippen molar-refractivity contribution in [2.24, 2.45) is 5.73 Å². The van der Waals surface area contributed by atoms with Crippen LogP contribution >= 0.6 is 11.6 Å². The molecule has 1 heterocycles. The number of hydrogen-bond acceptors (Lipinski definition) is 2. The van der Waals surface area contributed by atoms with E-state index < -0.39 is 0 Å². The van der Waals surface area contributed by atoms with Gasteiger partial charge in [-0.25, -0.2) is 4.98 Å². The quantitative estimate of drug-likeness (QED) is 0.892. The number of imidazole rings is 1. The Morgan fingerprint density at radius 3 is 2.72 bits per heavy atom. The van der Waals surface area contributed by atoms with Gasteiger partial charge >= 0.3 is 0 Å². The smallest absolute Gasteiger partial charge is 0.114 e. The van der Waals surface area contributed by atoms with Crippen LogP contribution in [0.3, 0.4) is 0 Å². The fourth-order valence-corrected chi connectivity index (χ4v) is 2.54. The fraction of sp³-hybridized carbons (Fsp3) is 0.357. The average molecular weight is 262 g/mol. The van der Waals surface area contributed by atoms with Crippen molar-refractivity contribution in [1.29, 1.82) is 0 Å². The van der Waals surface area contributed by atoms with Crippen LogP contribution in [0.5, 0.6) is 0 Å². The van der Waals surface area contributed by atoms with Gasteiger partial charge in [0.05, 0.1) is 10.7 Å². The lowest BCUT2D eigenvalue weighted by Crippen LogP contribution is -2.21. The standard InChI is InChI=1S/C14H16ClN3/c1-9-12(10-4-2-3-5-11(10)15)18-13(17-9)14(8-16)6-7-14/h2-5H,6-8,16H2,1H3,(H,17,18). The Labute approximate surface area is 111 Å². The first-order valence-electron chi connectivity index (χ1n) is 6.18. The number of H-pyrrole nitrogens is 1. The van der Waals surface area contributed by atoms with Gasteiger partial charge in [-0.3, -0.25) is 0 Å². The average Bonchev–Trinajstić information content (AvgIpc) is 3.08. The highest BCUT2D eigenvalue weighted by Gasteiger charge is 2.46. The van der Waals surface area contributed by atoms with E-state index >= 15 is 0 Å². The second-order valence-corrected chi connectivity index (χ2v) is 5.43. The molecule has 1 aromatic carbocycles. The molecule has 18 heavy (non-hydrogen) atoms. The van der Waals surface area contributed by atoms with E-state index in [2.05, 4.69) is 4.98 Å². The molecule has 0 atom stereocenters. The van der Waals surface area contributed by atoms with Crippen molar-refractivity contribution >= 4 is 11.6 Å². The van der Waals surface area contributed by atoms with Gasteiger partial charge in [0.1, 0.15) is 5.82 Å². The molecule has 1 aliphatic rings. The van der Waals surface area contributed by atoms with Gasteiger partial charge in [0, 0.05) is 23.2 Å².